The number of methoxy groups -OCH3 is 1. The number of hydrogen-bond acceptors (Lipinski definition) is 3. The minimum absolute atomic E-state index is 0.412. The Balaban J connectivity index is 2.25. The molecule has 0 fully saturated rings. The van der Waals surface area contributed by atoms with Gasteiger partial charge in [-0.3, -0.25) is 4.68 Å². The molecule has 0 saturated carbocycles. The molecule has 4 nitrogen and oxygen atoms in total. The first-order valence-corrected chi connectivity index (χ1v) is 4.53. The zero-order valence-corrected chi connectivity index (χ0v) is 8.08. The zero-order chi connectivity index (χ0) is 9.26. The van der Waals surface area contributed by atoms with Crippen LogP contribution < -0.4 is 5.32 Å². The third kappa shape index (κ3) is 1.59. The minimum Gasteiger partial charge on any atom is -0.384 e. The molecule has 72 valence electrons. The molecule has 0 saturated heterocycles. The van der Waals surface area contributed by atoms with Gasteiger partial charge in [0.1, 0.15) is 0 Å². The summed E-state index contributed by atoms with van der Waals surface area (Å²) >= 11 is 0. The number of fused-ring (bicyclic) bond motifs is 1. The number of nitrogens with one attached hydrogen (secondary N) is 1. The fourth-order valence-corrected chi connectivity index (χ4v) is 1.85. The number of nitrogens with zero attached hydrogens (tertiary/aromatic N) is 2. The van der Waals surface area contributed by atoms with E-state index in [1.807, 2.05) is 11.7 Å². The van der Waals surface area contributed by atoms with E-state index in [0.29, 0.717) is 5.92 Å². The highest BCUT2D eigenvalue weighted by Gasteiger charge is 2.22. The first-order chi connectivity index (χ1) is 6.31. The molecule has 0 bridgehead atoms. The van der Waals surface area contributed by atoms with E-state index in [2.05, 4.69) is 16.6 Å². The average Bonchev–Trinajstić information content (AvgIpc) is 2.47. The summed E-state index contributed by atoms with van der Waals surface area (Å²) in [6.07, 6.45) is 2.07. The Labute approximate surface area is 77.9 Å². The van der Waals surface area contributed by atoms with Gasteiger partial charge >= 0.3 is 0 Å². The zero-order valence-electron chi connectivity index (χ0n) is 8.08. The van der Waals surface area contributed by atoms with Crippen LogP contribution in [0.5, 0.6) is 0 Å². The van der Waals surface area contributed by atoms with Crippen molar-refractivity contribution in [1.29, 1.82) is 0 Å². The number of ether oxygens (including phenoxy) is 1. The summed E-state index contributed by atoms with van der Waals surface area (Å²) in [5.74, 6) is 0.412. The highest BCUT2D eigenvalue weighted by Crippen LogP contribution is 2.21. The lowest BCUT2D eigenvalue weighted by molar-refractivity contribution is 0.173. The Morgan fingerprint density at radius 3 is 3.38 bits per heavy atom. The fourth-order valence-electron chi connectivity index (χ4n) is 1.85. The van der Waals surface area contributed by atoms with Crippen molar-refractivity contribution >= 4 is 0 Å². The van der Waals surface area contributed by atoms with Gasteiger partial charge in [-0.05, 0) is 0 Å². The number of aryl methyl sites for hydroxylation is 1. The van der Waals surface area contributed by atoms with E-state index in [1.54, 1.807) is 7.11 Å². The lowest BCUT2D eigenvalue weighted by atomic mass is 9.99. The molecule has 13 heavy (non-hydrogen) atoms. The van der Waals surface area contributed by atoms with E-state index < -0.39 is 0 Å². The van der Waals surface area contributed by atoms with Crippen LogP contribution in [0.1, 0.15) is 17.2 Å². The first-order valence-electron chi connectivity index (χ1n) is 4.53. The largest absolute Gasteiger partial charge is 0.384 e. The molecule has 0 amide bonds. The van der Waals surface area contributed by atoms with E-state index in [1.165, 1.54) is 11.3 Å². The Morgan fingerprint density at radius 1 is 1.77 bits per heavy atom. The topological polar surface area (TPSA) is 39.1 Å². The lowest BCUT2D eigenvalue weighted by Gasteiger charge is -2.20. The second kappa shape index (κ2) is 3.47. The molecule has 1 aliphatic rings. The Morgan fingerprint density at radius 2 is 2.62 bits per heavy atom. The summed E-state index contributed by atoms with van der Waals surface area (Å²) in [6, 6.07) is 0. The SMILES string of the molecule is COC[C@H]1CNCc2cn(C)nc21. The standard InChI is InChI=1S/C9H15N3O/c1-12-5-7-3-10-4-8(6-13-2)9(7)11-12/h5,8,10H,3-4,6H2,1-2H3/t8-/m1/s1. The van der Waals surface area contributed by atoms with Crippen LogP contribution in [0.25, 0.3) is 0 Å². The third-order valence-corrected chi connectivity index (χ3v) is 2.40. The second-order valence-corrected chi connectivity index (χ2v) is 3.50. The van der Waals surface area contributed by atoms with Crippen molar-refractivity contribution in [2.75, 3.05) is 20.3 Å². The van der Waals surface area contributed by atoms with Crippen molar-refractivity contribution in [1.82, 2.24) is 15.1 Å². The maximum atomic E-state index is 5.16. The molecule has 0 radical (unpaired) electrons. The number of hydrogen-bond donors (Lipinski definition) is 1. The van der Waals surface area contributed by atoms with Crippen LogP contribution in [0, 0.1) is 0 Å². The summed E-state index contributed by atoms with van der Waals surface area (Å²) in [7, 11) is 3.69. The summed E-state index contributed by atoms with van der Waals surface area (Å²) < 4.78 is 7.03. The van der Waals surface area contributed by atoms with E-state index in [0.717, 1.165) is 19.7 Å². The quantitative estimate of drug-likeness (QED) is 0.711. The summed E-state index contributed by atoms with van der Waals surface area (Å²) in [4.78, 5) is 0. The minimum atomic E-state index is 0.412. The molecule has 1 aromatic heterocycles. The summed E-state index contributed by atoms with van der Waals surface area (Å²) in [5.41, 5.74) is 2.50. The van der Waals surface area contributed by atoms with Crippen LogP contribution in [0.15, 0.2) is 6.20 Å². The van der Waals surface area contributed by atoms with Gasteiger partial charge in [0.25, 0.3) is 0 Å². The predicted octanol–water partition coefficient (Wildman–Crippen LogP) is 0.253. The molecule has 0 aromatic carbocycles. The molecule has 4 heteroatoms. The Kier molecular flexibility index (Phi) is 2.33. The van der Waals surface area contributed by atoms with Crippen molar-refractivity contribution in [2.24, 2.45) is 7.05 Å². The molecule has 0 aliphatic carbocycles. The van der Waals surface area contributed by atoms with Gasteiger partial charge in [0.05, 0.1) is 12.3 Å². The lowest BCUT2D eigenvalue weighted by Crippen LogP contribution is -2.30. The number of aromatic nitrogens is 2. The fraction of sp³-hybridized carbons (Fsp3) is 0.667. The van der Waals surface area contributed by atoms with Gasteiger partial charge in [-0.15, -0.1) is 0 Å². The van der Waals surface area contributed by atoms with Gasteiger partial charge in [-0.1, -0.05) is 0 Å². The van der Waals surface area contributed by atoms with Crippen molar-refractivity contribution in [2.45, 2.75) is 12.5 Å². The highest BCUT2D eigenvalue weighted by atomic mass is 16.5. The van der Waals surface area contributed by atoms with Crippen LogP contribution in [0.3, 0.4) is 0 Å². The van der Waals surface area contributed by atoms with Crippen LogP contribution in [-0.2, 0) is 18.3 Å². The van der Waals surface area contributed by atoms with E-state index in [4.69, 9.17) is 4.74 Å². The molecular weight excluding hydrogens is 166 g/mol. The van der Waals surface area contributed by atoms with E-state index in [-0.39, 0.29) is 0 Å². The smallest absolute Gasteiger partial charge is 0.0736 e. The third-order valence-electron chi connectivity index (χ3n) is 2.40. The molecule has 1 N–H and O–H groups in total. The van der Waals surface area contributed by atoms with Crippen LogP contribution >= 0.6 is 0 Å². The molecular formula is C9H15N3O. The van der Waals surface area contributed by atoms with Gasteiger partial charge in [-0.25, -0.2) is 0 Å². The van der Waals surface area contributed by atoms with Gasteiger partial charge in [0, 0.05) is 44.9 Å². The maximum Gasteiger partial charge on any atom is 0.0736 e. The molecule has 1 aromatic rings. The van der Waals surface area contributed by atoms with Crippen molar-refractivity contribution in [3.8, 4) is 0 Å². The maximum absolute atomic E-state index is 5.16. The first kappa shape index (κ1) is 8.72. The number of rotatable bonds is 2. The van der Waals surface area contributed by atoms with Crippen molar-refractivity contribution in [3.05, 3.63) is 17.5 Å². The monoisotopic (exact) mass is 181 g/mol. The average molecular weight is 181 g/mol. The van der Waals surface area contributed by atoms with Crippen molar-refractivity contribution < 1.29 is 4.74 Å². The predicted molar refractivity (Wildman–Crippen MR) is 49.5 cm³/mol. The van der Waals surface area contributed by atoms with Gasteiger partial charge in [0.15, 0.2) is 0 Å². The van der Waals surface area contributed by atoms with Crippen LogP contribution in [0.4, 0.5) is 0 Å². The van der Waals surface area contributed by atoms with Gasteiger partial charge in [-0.2, -0.15) is 5.10 Å². The van der Waals surface area contributed by atoms with Crippen LogP contribution in [-0.4, -0.2) is 30.0 Å². The summed E-state index contributed by atoms with van der Waals surface area (Å²) in [6.45, 7) is 2.65. The molecule has 1 aliphatic heterocycles. The molecule has 0 unspecified atom stereocenters. The normalized spacial score (nSPS) is 21.5. The highest BCUT2D eigenvalue weighted by molar-refractivity contribution is 5.24. The van der Waals surface area contributed by atoms with Gasteiger partial charge in [0.2, 0.25) is 0 Å². The Bertz CT molecular complexity index is 295. The van der Waals surface area contributed by atoms with E-state index >= 15 is 0 Å². The summed E-state index contributed by atoms with van der Waals surface area (Å²) in [5, 5.41) is 7.80. The molecule has 1 atom stereocenters. The van der Waals surface area contributed by atoms with Crippen LogP contribution in [0.2, 0.25) is 0 Å². The molecule has 2 rings (SSSR count). The van der Waals surface area contributed by atoms with Crippen molar-refractivity contribution in [3.63, 3.8) is 0 Å². The molecule has 2 heterocycles. The van der Waals surface area contributed by atoms with Gasteiger partial charge < -0.3 is 10.1 Å². The van der Waals surface area contributed by atoms with E-state index in [9.17, 15) is 0 Å². The Hall–Kier alpha value is -0.870. The molecule has 0 spiro atoms. The second-order valence-electron chi connectivity index (χ2n) is 3.50.